The van der Waals surface area contributed by atoms with E-state index in [1.165, 1.54) is 7.11 Å². The molecule has 0 saturated carbocycles. The van der Waals surface area contributed by atoms with Crippen LogP contribution < -0.4 is 10.1 Å². The summed E-state index contributed by atoms with van der Waals surface area (Å²) in [5.41, 5.74) is 0.791. The maximum Gasteiger partial charge on any atom is 0.341 e. The highest BCUT2D eigenvalue weighted by atomic mass is 35.5. The number of rotatable bonds is 5. The second kappa shape index (κ2) is 9.69. The van der Waals surface area contributed by atoms with Crippen molar-refractivity contribution in [2.75, 3.05) is 26.7 Å². The van der Waals surface area contributed by atoms with Crippen molar-refractivity contribution in [1.29, 1.82) is 0 Å². The summed E-state index contributed by atoms with van der Waals surface area (Å²) in [4.78, 5) is 27.7. The van der Waals surface area contributed by atoms with Crippen molar-refractivity contribution in [1.82, 2.24) is 10.2 Å². The SMILES string of the molecule is COC(=O)c1ccc(Cl)cc1OC1CN(Cc2cccc(Cl)c2)C(=O)C2(CCNCC2)C1. The molecule has 2 aliphatic heterocycles. The topological polar surface area (TPSA) is 67.9 Å². The van der Waals surface area contributed by atoms with Crippen LogP contribution in [0, 0.1) is 5.41 Å². The van der Waals surface area contributed by atoms with Crippen LogP contribution in [0.1, 0.15) is 35.2 Å². The zero-order valence-corrected chi connectivity index (χ0v) is 19.4. The van der Waals surface area contributed by atoms with E-state index in [9.17, 15) is 9.59 Å². The largest absolute Gasteiger partial charge is 0.488 e. The number of benzene rings is 2. The maximum absolute atomic E-state index is 13.6. The number of esters is 1. The van der Waals surface area contributed by atoms with Gasteiger partial charge >= 0.3 is 5.97 Å². The van der Waals surface area contributed by atoms with Crippen LogP contribution >= 0.6 is 23.2 Å². The summed E-state index contributed by atoms with van der Waals surface area (Å²) in [6, 6.07) is 12.4. The third-order valence-electron chi connectivity index (χ3n) is 6.25. The number of halogens is 2. The van der Waals surface area contributed by atoms with Gasteiger partial charge in [-0.2, -0.15) is 0 Å². The van der Waals surface area contributed by atoms with Crippen LogP contribution in [0.5, 0.6) is 5.75 Å². The fourth-order valence-electron chi connectivity index (χ4n) is 4.70. The molecule has 1 amide bonds. The number of ether oxygens (including phenoxy) is 2. The fourth-order valence-corrected chi connectivity index (χ4v) is 5.07. The van der Waals surface area contributed by atoms with Crippen LogP contribution in [0.25, 0.3) is 0 Å². The molecule has 1 N–H and O–H groups in total. The van der Waals surface area contributed by atoms with E-state index in [-0.39, 0.29) is 12.0 Å². The molecule has 2 aliphatic rings. The Bertz CT molecular complexity index is 1010. The van der Waals surface area contributed by atoms with Gasteiger partial charge in [-0.25, -0.2) is 4.79 Å². The molecule has 2 fully saturated rings. The summed E-state index contributed by atoms with van der Waals surface area (Å²) in [5, 5.41) is 4.45. The highest BCUT2D eigenvalue weighted by Gasteiger charge is 2.48. The molecule has 1 unspecified atom stereocenters. The van der Waals surface area contributed by atoms with E-state index < -0.39 is 11.4 Å². The molecule has 8 heteroatoms. The van der Waals surface area contributed by atoms with E-state index in [4.69, 9.17) is 32.7 Å². The number of hydrogen-bond acceptors (Lipinski definition) is 5. The Morgan fingerprint density at radius 3 is 2.62 bits per heavy atom. The monoisotopic (exact) mass is 476 g/mol. The predicted octanol–water partition coefficient (Wildman–Crippen LogP) is 4.33. The molecule has 0 aromatic heterocycles. The van der Waals surface area contributed by atoms with E-state index in [0.717, 1.165) is 31.5 Å². The number of carbonyl (C=O) groups excluding carboxylic acids is 2. The van der Waals surface area contributed by atoms with Crippen LogP contribution in [0.15, 0.2) is 42.5 Å². The van der Waals surface area contributed by atoms with Crippen LogP contribution in [-0.4, -0.2) is 49.6 Å². The first-order chi connectivity index (χ1) is 15.4. The number of nitrogens with one attached hydrogen (secondary N) is 1. The van der Waals surface area contributed by atoms with Crippen molar-refractivity contribution in [2.45, 2.75) is 31.9 Å². The van der Waals surface area contributed by atoms with Gasteiger partial charge in [0.25, 0.3) is 0 Å². The normalized spacial score (nSPS) is 20.3. The van der Waals surface area contributed by atoms with Gasteiger partial charge in [0.2, 0.25) is 5.91 Å². The molecule has 6 nitrogen and oxygen atoms in total. The standard InChI is InChI=1S/C24H26Cl2N2O4/c1-31-22(29)20-6-5-18(26)12-21(20)32-19-13-24(7-9-27-10-8-24)23(30)28(15-19)14-16-3-2-4-17(25)11-16/h2-6,11-12,19,27H,7-10,13-15H2,1H3. The average molecular weight is 477 g/mol. The van der Waals surface area contributed by atoms with Crippen molar-refractivity contribution >= 4 is 35.1 Å². The molecule has 170 valence electrons. The van der Waals surface area contributed by atoms with Crippen LogP contribution in [0.3, 0.4) is 0 Å². The number of carbonyl (C=O) groups is 2. The molecule has 4 rings (SSSR count). The van der Waals surface area contributed by atoms with Crippen LogP contribution in [-0.2, 0) is 16.1 Å². The van der Waals surface area contributed by atoms with Crippen molar-refractivity contribution < 1.29 is 19.1 Å². The zero-order chi connectivity index (χ0) is 22.7. The Morgan fingerprint density at radius 2 is 1.91 bits per heavy atom. The molecule has 1 spiro atoms. The lowest BCUT2D eigenvalue weighted by Crippen LogP contribution is -2.57. The maximum atomic E-state index is 13.6. The molecule has 0 aliphatic carbocycles. The summed E-state index contributed by atoms with van der Waals surface area (Å²) in [5.74, 6) is 0.0320. The van der Waals surface area contributed by atoms with Gasteiger partial charge in [-0.1, -0.05) is 35.3 Å². The van der Waals surface area contributed by atoms with E-state index in [1.54, 1.807) is 18.2 Å². The lowest BCUT2D eigenvalue weighted by atomic mass is 9.71. The Kier molecular flexibility index (Phi) is 6.93. The Balaban J connectivity index is 1.63. The summed E-state index contributed by atoms with van der Waals surface area (Å²) < 4.78 is 11.2. The minimum Gasteiger partial charge on any atom is -0.488 e. The van der Waals surface area contributed by atoms with Crippen molar-refractivity contribution in [3.63, 3.8) is 0 Å². The molecule has 32 heavy (non-hydrogen) atoms. The lowest BCUT2D eigenvalue weighted by Gasteiger charge is -2.47. The average Bonchev–Trinajstić information content (AvgIpc) is 2.77. The second-order valence-corrected chi connectivity index (χ2v) is 9.29. The first-order valence-corrected chi connectivity index (χ1v) is 11.4. The van der Waals surface area contributed by atoms with Gasteiger partial charge in [0, 0.05) is 23.0 Å². The first-order valence-electron chi connectivity index (χ1n) is 10.7. The zero-order valence-electron chi connectivity index (χ0n) is 17.9. The summed E-state index contributed by atoms with van der Waals surface area (Å²) in [6.07, 6.45) is 1.80. The second-order valence-electron chi connectivity index (χ2n) is 8.42. The lowest BCUT2D eigenvalue weighted by molar-refractivity contribution is -0.154. The Labute approximate surface area is 197 Å². The molecule has 1 atom stereocenters. The number of likely N-dealkylation sites (tertiary alicyclic amines) is 1. The summed E-state index contributed by atoms with van der Waals surface area (Å²) in [6.45, 7) is 2.43. The van der Waals surface area contributed by atoms with Crippen molar-refractivity contribution in [2.24, 2.45) is 5.41 Å². The number of piperidine rings is 2. The smallest absolute Gasteiger partial charge is 0.341 e. The number of nitrogens with zero attached hydrogens (tertiary/aromatic N) is 1. The van der Waals surface area contributed by atoms with E-state index in [1.807, 2.05) is 29.2 Å². The van der Waals surface area contributed by atoms with Gasteiger partial charge in [-0.3, -0.25) is 4.79 Å². The minimum absolute atomic E-state index is 0.151. The molecule has 2 aromatic carbocycles. The Hall–Kier alpha value is -2.28. The third kappa shape index (κ3) is 4.87. The molecule has 0 radical (unpaired) electrons. The Morgan fingerprint density at radius 1 is 1.16 bits per heavy atom. The highest BCUT2D eigenvalue weighted by Crippen LogP contribution is 2.41. The predicted molar refractivity (Wildman–Crippen MR) is 123 cm³/mol. The van der Waals surface area contributed by atoms with Gasteiger partial charge in [-0.05, 0) is 61.8 Å². The van der Waals surface area contributed by atoms with Crippen LogP contribution in [0.2, 0.25) is 10.0 Å². The van der Waals surface area contributed by atoms with E-state index >= 15 is 0 Å². The molecule has 2 aromatic rings. The van der Waals surface area contributed by atoms with Gasteiger partial charge in [-0.15, -0.1) is 0 Å². The molecule has 0 bridgehead atoms. The van der Waals surface area contributed by atoms with Crippen LogP contribution in [0.4, 0.5) is 0 Å². The summed E-state index contributed by atoms with van der Waals surface area (Å²) >= 11 is 12.3. The molecule has 2 heterocycles. The molecular formula is C24H26Cl2N2O4. The molecule has 2 saturated heterocycles. The van der Waals surface area contributed by atoms with Gasteiger partial charge in [0.1, 0.15) is 17.4 Å². The van der Waals surface area contributed by atoms with Crippen molar-refractivity contribution in [3.05, 3.63) is 63.6 Å². The number of hydrogen-bond donors (Lipinski definition) is 1. The fraction of sp³-hybridized carbons (Fsp3) is 0.417. The van der Waals surface area contributed by atoms with Crippen molar-refractivity contribution in [3.8, 4) is 5.75 Å². The van der Waals surface area contributed by atoms with E-state index in [0.29, 0.717) is 40.9 Å². The quantitative estimate of drug-likeness (QED) is 0.650. The third-order valence-corrected chi connectivity index (χ3v) is 6.72. The summed E-state index contributed by atoms with van der Waals surface area (Å²) in [7, 11) is 1.33. The van der Waals surface area contributed by atoms with Gasteiger partial charge < -0.3 is 19.7 Å². The highest BCUT2D eigenvalue weighted by molar-refractivity contribution is 6.31. The number of amides is 1. The number of methoxy groups -OCH3 is 1. The van der Waals surface area contributed by atoms with E-state index in [2.05, 4.69) is 5.32 Å². The first kappa shape index (κ1) is 22.9. The van der Waals surface area contributed by atoms with Gasteiger partial charge in [0.05, 0.1) is 19.1 Å². The molecular weight excluding hydrogens is 451 g/mol. The minimum atomic E-state index is -0.490. The van der Waals surface area contributed by atoms with Gasteiger partial charge in [0.15, 0.2) is 0 Å².